The zero-order valence-corrected chi connectivity index (χ0v) is 13.1. The van der Waals surface area contributed by atoms with E-state index in [1.54, 1.807) is 0 Å². The summed E-state index contributed by atoms with van der Waals surface area (Å²) in [5.74, 6) is 0.542. The molecular formula is C17H25N3O. The van der Waals surface area contributed by atoms with Crippen LogP contribution < -0.4 is 10.6 Å². The number of rotatable bonds is 7. The predicted molar refractivity (Wildman–Crippen MR) is 87.2 cm³/mol. The van der Waals surface area contributed by atoms with Crippen molar-refractivity contribution in [3.05, 3.63) is 36.0 Å². The van der Waals surface area contributed by atoms with E-state index in [0.717, 1.165) is 25.2 Å². The Morgan fingerprint density at radius 1 is 1.29 bits per heavy atom. The molecule has 0 aliphatic heterocycles. The molecule has 114 valence electrons. The number of carbonyl (C=O) groups is 1. The van der Waals surface area contributed by atoms with Gasteiger partial charge in [-0.2, -0.15) is 0 Å². The Bertz CT molecular complexity index is 601. The highest BCUT2D eigenvalue weighted by Gasteiger charge is 2.08. The molecule has 0 aliphatic carbocycles. The summed E-state index contributed by atoms with van der Waals surface area (Å²) < 4.78 is 2.01. The Hall–Kier alpha value is -1.81. The van der Waals surface area contributed by atoms with Gasteiger partial charge in [-0.25, -0.2) is 0 Å². The molecule has 0 saturated heterocycles. The maximum Gasteiger partial charge on any atom is 0.239 e. The van der Waals surface area contributed by atoms with Crippen LogP contribution in [-0.2, 0) is 17.9 Å². The van der Waals surface area contributed by atoms with Crippen molar-refractivity contribution in [2.24, 2.45) is 5.92 Å². The number of hydrogen-bond acceptors (Lipinski definition) is 2. The van der Waals surface area contributed by atoms with E-state index < -0.39 is 0 Å². The molecule has 0 atom stereocenters. The number of benzene rings is 1. The summed E-state index contributed by atoms with van der Waals surface area (Å²) in [6, 6.07) is 8.35. The van der Waals surface area contributed by atoms with Crippen molar-refractivity contribution >= 4 is 16.8 Å². The molecule has 1 amide bonds. The number of nitrogens with zero attached hydrogens (tertiary/aromatic N) is 1. The maximum absolute atomic E-state index is 12.0. The Labute approximate surface area is 126 Å². The van der Waals surface area contributed by atoms with Crippen molar-refractivity contribution in [3.63, 3.8) is 0 Å². The summed E-state index contributed by atoms with van der Waals surface area (Å²) in [7, 11) is 0. The lowest BCUT2D eigenvalue weighted by atomic mass is 10.1. The fourth-order valence-corrected chi connectivity index (χ4v) is 2.37. The molecule has 21 heavy (non-hydrogen) atoms. The van der Waals surface area contributed by atoms with E-state index in [-0.39, 0.29) is 5.91 Å². The highest BCUT2D eigenvalue weighted by molar-refractivity contribution is 5.85. The summed E-state index contributed by atoms with van der Waals surface area (Å²) in [5, 5.41) is 7.53. The van der Waals surface area contributed by atoms with Gasteiger partial charge >= 0.3 is 0 Å². The van der Waals surface area contributed by atoms with Gasteiger partial charge in [0, 0.05) is 30.2 Å². The van der Waals surface area contributed by atoms with E-state index in [0.29, 0.717) is 12.5 Å². The summed E-state index contributed by atoms with van der Waals surface area (Å²) in [6.07, 6.45) is 2.00. The lowest BCUT2D eigenvalue weighted by Gasteiger charge is -2.10. The van der Waals surface area contributed by atoms with Gasteiger partial charge in [-0.3, -0.25) is 4.79 Å². The van der Waals surface area contributed by atoms with Gasteiger partial charge in [0.1, 0.15) is 6.54 Å². The minimum absolute atomic E-state index is 0.0679. The zero-order chi connectivity index (χ0) is 15.2. The van der Waals surface area contributed by atoms with Crippen LogP contribution in [0.25, 0.3) is 10.9 Å². The third-order valence-corrected chi connectivity index (χ3v) is 3.49. The smallest absolute Gasteiger partial charge is 0.239 e. The van der Waals surface area contributed by atoms with Gasteiger partial charge in [-0.05, 0) is 30.2 Å². The standard InChI is InChI=1S/C17H25N3O/c1-4-18-11-14-6-5-7-16-15(14)8-9-20(16)12-17(21)19-10-13(2)3/h5-9,13,18H,4,10-12H2,1-3H3,(H,19,21). The van der Waals surface area contributed by atoms with Crippen LogP contribution in [0.2, 0.25) is 0 Å². The zero-order valence-electron chi connectivity index (χ0n) is 13.1. The lowest BCUT2D eigenvalue weighted by Crippen LogP contribution is -2.30. The molecule has 0 aliphatic rings. The Morgan fingerprint density at radius 2 is 2.10 bits per heavy atom. The van der Waals surface area contributed by atoms with Gasteiger partial charge in [0.15, 0.2) is 0 Å². The first kappa shape index (κ1) is 15.6. The van der Waals surface area contributed by atoms with Crippen LogP contribution in [0.3, 0.4) is 0 Å². The number of nitrogens with one attached hydrogen (secondary N) is 2. The maximum atomic E-state index is 12.0. The first-order valence-corrected chi connectivity index (χ1v) is 7.66. The second-order valence-corrected chi connectivity index (χ2v) is 5.77. The van der Waals surface area contributed by atoms with Crippen LogP contribution >= 0.6 is 0 Å². The average Bonchev–Trinajstić information content (AvgIpc) is 2.86. The quantitative estimate of drug-likeness (QED) is 0.822. The fraction of sp³-hybridized carbons (Fsp3) is 0.471. The van der Waals surface area contributed by atoms with E-state index >= 15 is 0 Å². The van der Waals surface area contributed by atoms with E-state index in [1.807, 2.05) is 10.8 Å². The molecule has 0 unspecified atom stereocenters. The molecule has 0 bridgehead atoms. The van der Waals surface area contributed by atoms with Crippen LogP contribution in [0.1, 0.15) is 26.3 Å². The minimum Gasteiger partial charge on any atom is -0.354 e. The molecule has 0 radical (unpaired) electrons. The number of carbonyl (C=O) groups excluding carboxylic acids is 1. The van der Waals surface area contributed by atoms with Crippen molar-refractivity contribution in [2.75, 3.05) is 13.1 Å². The first-order chi connectivity index (χ1) is 10.1. The van der Waals surface area contributed by atoms with Crippen molar-refractivity contribution in [1.29, 1.82) is 0 Å². The van der Waals surface area contributed by atoms with E-state index in [2.05, 4.69) is 55.7 Å². The van der Waals surface area contributed by atoms with Crippen molar-refractivity contribution in [1.82, 2.24) is 15.2 Å². The summed E-state index contributed by atoms with van der Waals surface area (Å²) >= 11 is 0. The first-order valence-electron chi connectivity index (χ1n) is 7.66. The van der Waals surface area contributed by atoms with Crippen molar-refractivity contribution in [3.8, 4) is 0 Å². The highest BCUT2D eigenvalue weighted by Crippen LogP contribution is 2.20. The van der Waals surface area contributed by atoms with Crippen LogP contribution in [0, 0.1) is 5.92 Å². The molecule has 0 fully saturated rings. The monoisotopic (exact) mass is 287 g/mol. The minimum atomic E-state index is 0.0679. The van der Waals surface area contributed by atoms with Crippen LogP contribution in [0.4, 0.5) is 0 Å². The molecule has 2 rings (SSSR count). The number of amides is 1. The second kappa shape index (κ2) is 7.27. The summed E-state index contributed by atoms with van der Waals surface area (Å²) in [6.45, 7) is 9.21. The molecule has 4 nitrogen and oxygen atoms in total. The van der Waals surface area contributed by atoms with Gasteiger partial charge in [0.2, 0.25) is 5.91 Å². The SMILES string of the molecule is CCNCc1cccc2c1ccn2CC(=O)NCC(C)C. The van der Waals surface area contributed by atoms with Crippen molar-refractivity contribution in [2.45, 2.75) is 33.9 Å². The molecular weight excluding hydrogens is 262 g/mol. The molecule has 0 saturated carbocycles. The molecule has 2 aromatic rings. The number of fused-ring (bicyclic) bond motifs is 1. The summed E-state index contributed by atoms with van der Waals surface area (Å²) in [4.78, 5) is 12.0. The van der Waals surface area contributed by atoms with Crippen molar-refractivity contribution < 1.29 is 4.79 Å². The van der Waals surface area contributed by atoms with Gasteiger partial charge in [-0.1, -0.05) is 32.9 Å². The predicted octanol–water partition coefficient (Wildman–Crippen LogP) is 2.52. The largest absolute Gasteiger partial charge is 0.354 e. The normalized spacial score (nSPS) is 11.2. The molecule has 2 N–H and O–H groups in total. The highest BCUT2D eigenvalue weighted by atomic mass is 16.1. The third kappa shape index (κ3) is 4.08. The fourth-order valence-electron chi connectivity index (χ4n) is 2.37. The van der Waals surface area contributed by atoms with Gasteiger partial charge < -0.3 is 15.2 Å². The Kier molecular flexibility index (Phi) is 5.39. The second-order valence-electron chi connectivity index (χ2n) is 5.77. The van der Waals surface area contributed by atoms with Gasteiger partial charge in [0.05, 0.1) is 0 Å². The molecule has 4 heteroatoms. The van der Waals surface area contributed by atoms with Gasteiger partial charge in [-0.15, -0.1) is 0 Å². The Balaban J connectivity index is 2.12. The third-order valence-electron chi connectivity index (χ3n) is 3.49. The molecule has 1 aromatic heterocycles. The number of aromatic nitrogens is 1. The van der Waals surface area contributed by atoms with Gasteiger partial charge in [0.25, 0.3) is 0 Å². The Morgan fingerprint density at radius 3 is 2.81 bits per heavy atom. The number of hydrogen-bond donors (Lipinski definition) is 2. The van der Waals surface area contributed by atoms with E-state index in [1.165, 1.54) is 10.9 Å². The topological polar surface area (TPSA) is 46.1 Å². The van der Waals surface area contributed by atoms with Crippen LogP contribution in [0.5, 0.6) is 0 Å². The van der Waals surface area contributed by atoms with E-state index in [4.69, 9.17) is 0 Å². The summed E-state index contributed by atoms with van der Waals surface area (Å²) in [5.41, 5.74) is 2.39. The van der Waals surface area contributed by atoms with E-state index in [9.17, 15) is 4.79 Å². The molecule has 0 spiro atoms. The van der Waals surface area contributed by atoms with Crippen LogP contribution in [0.15, 0.2) is 30.5 Å². The molecule has 1 aromatic carbocycles. The lowest BCUT2D eigenvalue weighted by molar-refractivity contribution is -0.121. The van der Waals surface area contributed by atoms with Crippen LogP contribution in [-0.4, -0.2) is 23.6 Å². The average molecular weight is 287 g/mol. The molecule has 1 heterocycles.